The summed E-state index contributed by atoms with van der Waals surface area (Å²) in [6, 6.07) is 0.721. The lowest BCUT2D eigenvalue weighted by atomic mass is 10.1. The molecule has 0 fully saturated rings. The molecule has 0 aromatic heterocycles. The van der Waals surface area contributed by atoms with Crippen LogP contribution in [-0.4, -0.2) is 34.9 Å². The van der Waals surface area contributed by atoms with Gasteiger partial charge in [0.1, 0.15) is 0 Å². The molecular weight excluding hydrogens is 210 g/mol. The summed E-state index contributed by atoms with van der Waals surface area (Å²) in [4.78, 5) is 11.4. The molecule has 0 rings (SSSR count). The summed E-state index contributed by atoms with van der Waals surface area (Å²) in [5.74, 6) is -0.125. The maximum Gasteiger partial charge on any atom is 0.323 e. The van der Waals surface area contributed by atoms with Crippen LogP contribution in [0.4, 0.5) is 0 Å². The summed E-state index contributed by atoms with van der Waals surface area (Å²) < 4.78 is 10.4. The number of nitrogens with one attached hydrogen (secondary N) is 1. The first-order chi connectivity index (χ1) is 6.82. The van der Waals surface area contributed by atoms with Gasteiger partial charge < -0.3 is 14.2 Å². The highest BCUT2D eigenvalue weighted by atomic mass is 28.3. The fraction of sp³-hybridized carbons (Fsp3) is 0.700. The number of hydrogen-bond acceptors (Lipinski definition) is 3. The van der Waals surface area contributed by atoms with Crippen molar-refractivity contribution in [3.63, 3.8) is 0 Å². The average molecular weight is 231 g/mol. The lowest BCUT2D eigenvalue weighted by Crippen LogP contribution is -2.47. The van der Waals surface area contributed by atoms with Crippen molar-refractivity contribution in [1.82, 2.24) is 5.32 Å². The van der Waals surface area contributed by atoms with Gasteiger partial charge in [0.2, 0.25) is 5.91 Å². The van der Waals surface area contributed by atoms with E-state index in [0.717, 1.165) is 6.04 Å². The number of carbonyl (C=O) groups excluding carboxylic acids is 1. The molecule has 5 heteroatoms. The second-order valence-corrected chi connectivity index (χ2v) is 6.43. The zero-order valence-electron chi connectivity index (χ0n) is 10.2. The van der Waals surface area contributed by atoms with E-state index in [1.54, 1.807) is 21.1 Å². The molecule has 0 aliphatic rings. The molecule has 4 nitrogen and oxygen atoms in total. The molecule has 0 aliphatic heterocycles. The minimum absolute atomic E-state index is 0.125. The highest BCUT2D eigenvalue weighted by Gasteiger charge is 2.26. The Hall–Kier alpha value is -0.653. The van der Waals surface area contributed by atoms with Gasteiger partial charge in [-0.25, -0.2) is 0 Å². The Labute approximate surface area is 93.5 Å². The standard InChI is InChI=1S/C10H21NO3Si/c1-8(2)9(12)11-10(3,4)7-15(13-5)14-6/h15H,1,7H2,2-6H3,(H,11,12). The first kappa shape index (κ1) is 14.3. The summed E-state index contributed by atoms with van der Waals surface area (Å²) in [7, 11) is 1.62. The maximum absolute atomic E-state index is 11.4. The fourth-order valence-corrected chi connectivity index (χ4v) is 2.61. The first-order valence-corrected chi connectivity index (χ1v) is 6.62. The van der Waals surface area contributed by atoms with Crippen molar-refractivity contribution in [3.05, 3.63) is 12.2 Å². The SMILES string of the molecule is C=C(C)C(=O)NC(C)(C)C[SiH](OC)OC. The molecule has 88 valence electrons. The van der Waals surface area contributed by atoms with Crippen molar-refractivity contribution in [2.45, 2.75) is 32.4 Å². The molecule has 0 saturated carbocycles. The van der Waals surface area contributed by atoms with E-state index >= 15 is 0 Å². The number of rotatable bonds is 6. The van der Waals surface area contributed by atoms with Crippen molar-refractivity contribution in [1.29, 1.82) is 0 Å². The summed E-state index contributed by atoms with van der Waals surface area (Å²) in [6.45, 7) is 9.18. The van der Waals surface area contributed by atoms with Gasteiger partial charge in [-0.15, -0.1) is 0 Å². The Bertz CT molecular complexity index is 237. The average Bonchev–Trinajstić information content (AvgIpc) is 2.13. The molecule has 0 aromatic carbocycles. The van der Waals surface area contributed by atoms with Crippen molar-refractivity contribution in [2.75, 3.05) is 14.2 Å². The van der Waals surface area contributed by atoms with E-state index in [9.17, 15) is 4.79 Å². The van der Waals surface area contributed by atoms with E-state index < -0.39 is 9.28 Å². The van der Waals surface area contributed by atoms with E-state index in [-0.39, 0.29) is 11.4 Å². The Morgan fingerprint density at radius 2 is 1.87 bits per heavy atom. The second-order valence-electron chi connectivity index (χ2n) is 4.22. The summed E-state index contributed by atoms with van der Waals surface area (Å²) in [5, 5.41) is 2.89. The predicted molar refractivity (Wildman–Crippen MR) is 63.0 cm³/mol. The van der Waals surface area contributed by atoms with Crippen LogP contribution in [0.15, 0.2) is 12.2 Å². The first-order valence-electron chi connectivity index (χ1n) is 4.86. The Morgan fingerprint density at radius 1 is 1.40 bits per heavy atom. The molecule has 0 aliphatic carbocycles. The van der Waals surface area contributed by atoms with Crippen molar-refractivity contribution in [3.8, 4) is 0 Å². The van der Waals surface area contributed by atoms with Gasteiger partial charge >= 0.3 is 9.28 Å². The largest absolute Gasteiger partial charge is 0.400 e. The monoisotopic (exact) mass is 231 g/mol. The van der Waals surface area contributed by atoms with Crippen LogP contribution in [0.3, 0.4) is 0 Å². The van der Waals surface area contributed by atoms with Crippen molar-refractivity contribution in [2.24, 2.45) is 0 Å². The van der Waals surface area contributed by atoms with Gasteiger partial charge in [-0.3, -0.25) is 4.79 Å². The molecule has 0 aromatic rings. The third kappa shape index (κ3) is 5.71. The minimum atomic E-state index is -1.65. The van der Waals surface area contributed by atoms with Crippen LogP contribution in [0, 0.1) is 0 Å². The van der Waals surface area contributed by atoms with Gasteiger partial charge in [0.25, 0.3) is 0 Å². The van der Waals surface area contributed by atoms with E-state index in [1.807, 2.05) is 13.8 Å². The maximum atomic E-state index is 11.4. The second kappa shape index (κ2) is 6.04. The zero-order valence-corrected chi connectivity index (χ0v) is 11.4. The van der Waals surface area contributed by atoms with Gasteiger partial charge in [-0.1, -0.05) is 6.58 Å². The van der Waals surface area contributed by atoms with Crippen molar-refractivity contribution >= 4 is 15.2 Å². The van der Waals surface area contributed by atoms with Crippen LogP contribution in [0.25, 0.3) is 0 Å². The van der Waals surface area contributed by atoms with Crippen LogP contribution in [-0.2, 0) is 13.6 Å². The fourth-order valence-electron chi connectivity index (χ4n) is 1.14. The molecule has 0 radical (unpaired) electrons. The summed E-state index contributed by atoms with van der Waals surface area (Å²) in [6.07, 6.45) is 0. The lowest BCUT2D eigenvalue weighted by molar-refractivity contribution is -0.118. The molecular formula is C10H21NO3Si. The van der Waals surface area contributed by atoms with Crippen LogP contribution in [0.1, 0.15) is 20.8 Å². The van der Waals surface area contributed by atoms with E-state index in [1.165, 1.54) is 0 Å². The van der Waals surface area contributed by atoms with Gasteiger partial charge in [-0.05, 0) is 20.8 Å². The molecule has 0 bridgehead atoms. The van der Waals surface area contributed by atoms with Gasteiger partial charge in [0, 0.05) is 31.4 Å². The third-order valence-electron chi connectivity index (χ3n) is 2.04. The van der Waals surface area contributed by atoms with E-state index in [2.05, 4.69) is 11.9 Å². The van der Waals surface area contributed by atoms with Gasteiger partial charge in [0.15, 0.2) is 0 Å². The number of amides is 1. The Kier molecular flexibility index (Phi) is 5.78. The predicted octanol–water partition coefficient (Wildman–Crippen LogP) is 0.971. The van der Waals surface area contributed by atoms with Crippen LogP contribution in [0.2, 0.25) is 6.04 Å². The lowest BCUT2D eigenvalue weighted by Gasteiger charge is -2.28. The minimum Gasteiger partial charge on any atom is -0.400 e. The zero-order chi connectivity index (χ0) is 12.1. The molecule has 1 N–H and O–H groups in total. The van der Waals surface area contributed by atoms with Gasteiger partial charge in [0.05, 0.1) is 0 Å². The Morgan fingerprint density at radius 3 is 2.20 bits per heavy atom. The highest BCUT2D eigenvalue weighted by Crippen LogP contribution is 2.13. The van der Waals surface area contributed by atoms with E-state index in [4.69, 9.17) is 8.85 Å². The highest BCUT2D eigenvalue weighted by molar-refractivity contribution is 6.44. The number of carbonyl (C=O) groups is 1. The normalized spacial score (nSPS) is 11.6. The summed E-state index contributed by atoms with van der Waals surface area (Å²) >= 11 is 0. The molecule has 0 unspecified atom stereocenters. The van der Waals surface area contributed by atoms with Crippen LogP contribution >= 0.6 is 0 Å². The quantitative estimate of drug-likeness (QED) is 0.547. The molecule has 0 atom stereocenters. The van der Waals surface area contributed by atoms with Crippen LogP contribution in [0.5, 0.6) is 0 Å². The molecule has 1 amide bonds. The molecule has 0 heterocycles. The van der Waals surface area contributed by atoms with E-state index in [0.29, 0.717) is 5.57 Å². The molecule has 0 spiro atoms. The Balaban J connectivity index is 4.28. The third-order valence-corrected chi connectivity index (χ3v) is 4.45. The topological polar surface area (TPSA) is 47.6 Å². The van der Waals surface area contributed by atoms with Gasteiger partial charge in [-0.2, -0.15) is 0 Å². The smallest absolute Gasteiger partial charge is 0.323 e. The van der Waals surface area contributed by atoms with Crippen molar-refractivity contribution < 1.29 is 13.6 Å². The molecule has 0 saturated heterocycles. The van der Waals surface area contributed by atoms with Crippen LogP contribution < -0.4 is 5.32 Å². The molecule has 15 heavy (non-hydrogen) atoms. The summed E-state index contributed by atoms with van der Waals surface area (Å²) in [5.41, 5.74) is 0.190. The number of hydrogen-bond donors (Lipinski definition) is 1.